The van der Waals surface area contributed by atoms with Gasteiger partial charge in [-0.1, -0.05) is 29.8 Å². The molecule has 116 valence electrons. The Hall–Kier alpha value is -1.81. The predicted octanol–water partition coefficient (Wildman–Crippen LogP) is 3.81. The number of esters is 1. The Morgan fingerprint density at radius 1 is 1.32 bits per heavy atom. The van der Waals surface area contributed by atoms with Gasteiger partial charge in [0.25, 0.3) is 0 Å². The number of carbonyl (C=O) groups excluding carboxylic acids is 1. The fraction of sp³-hybridized carbons (Fsp3) is 0.412. The van der Waals surface area contributed by atoms with Crippen LogP contribution in [0.25, 0.3) is 0 Å². The van der Waals surface area contributed by atoms with Crippen molar-refractivity contribution in [1.82, 2.24) is 9.78 Å². The van der Waals surface area contributed by atoms with Gasteiger partial charge in [0.1, 0.15) is 6.10 Å². The lowest BCUT2D eigenvalue weighted by molar-refractivity contribution is -0.150. The molecule has 22 heavy (non-hydrogen) atoms. The van der Waals surface area contributed by atoms with E-state index in [-0.39, 0.29) is 18.1 Å². The van der Waals surface area contributed by atoms with E-state index in [0.29, 0.717) is 17.9 Å². The number of carbonyl (C=O) groups is 1. The molecule has 1 aliphatic rings. The zero-order valence-corrected chi connectivity index (χ0v) is 13.1. The van der Waals surface area contributed by atoms with Crippen LogP contribution in [0.1, 0.15) is 37.3 Å². The summed E-state index contributed by atoms with van der Waals surface area (Å²) < 4.78 is 7.57. The number of benzene rings is 1. The van der Waals surface area contributed by atoms with E-state index in [2.05, 4.69) is 5.10 Å². The van der Waals surface area contributed by atoms with E-state index in [1.807, 2.05) is 41.2 Å². The van der Waals surface area contributed by atoms with E-state index >= 15 is 0 Å². The standard InChI is InChI=1S/C17H19ClN2O2/c18-14-6-2-1-5-13(14)9-10-17(21)22-16-8-3-7-15(16)20-12-4-11-19-20/h1-2,4-6,11-12,15-16H,3,7-10H2/t15-,16-/m1/s1. The van der Waals surface area contributed by atoms with E-state index in [1.165, 1.54) is 0 Å². The third kappa shape index (κ3) is 3.50. The van der Waals surface area contributed by atoms with Crippen LogP contribution in [0, 0.1) is 0 Å². The van der Waals surface area contributed by atoms with Crippen molar-refractivity contribution in [1.29, 1.82) is 0 Å². The second-order valence-electron chi connectivity index (χ2n) is 5.60. The van der Waals surface area contributed by atoms with Gasteiger partial charge in [0, 0.05) is 23.8 Å². The second kappa shape index (κ2) is 6.97. The van der Waals surface area contributed by atoms with Crippen molar-refractivity contribution >= 4 is 17.6 Å². The minimum atomic E-state index is -0.163. The maximum atomic E-state index is 12.1. The summed E-state index contributed by atoms with van der Waals surface area (Å²) in [6, 6.07) is 9.66. The molecule has 1 aliphatic carbocycles. The van der Waals surface area contributed by atoms with Gasteiger partial charge < -0.3 is 4.74 Å². The lowest BCUT2D eigenvalue weighted by Crippen LogP contribution is -2.25. The molecule has 5 heteroatoms. The fourth-order valence-electron chi connectivity index (χ4n) is 2.99. The van der Waals surface area contributed by atoms with Gasteiger partial charge in [0.15, 0.2) is 0 Å². The van der Waals surface area contributed by atoms with Crippen molar-refractivity contribution in [2.24, 2.45) is 0 Å². The topological polar surface area (TPSA) is 44.1 Å². The first kappa shape index (κ1) is 15.1. The van der Waals surface area contributed by atoms with Crippen molar-refractivity contribution in [3.63, 3.8) is 0 Å². The molecule has 1 aromatic carbocycles. The number of hydrogen-bond acceptors (Lipinski definition) is 3. The molecule has 0 unspecified atom stereocenters. The van der Waals surface area contributed by atoms with Crippen molar-refractivity contribution in [3.8, 4) is 0 Å². The highest BCUT2D eigenvalue weighted by Gasteiger charge is 2.32. The number of aryl methyl sites for hydroxylation is 1. The second-order valence-corrected chi connectivity index (χ2v) is 6.01. The first-order valence-electron chi connectivity index (χ1n) is 7.66. The van der Waals surface area contributed by atoms with Gasteiger partial charge in [-0.3, -0.25) is 9.48 Å². The summed E-state index contributed by atoms with van der Waals surface area (Å²) in [5.41, 5.74) is 0.983. The third-order valence-electron chi connectivity index (χ3n) is 4.12. The number of nitrogens with zero attached hydrogens (tertiary/aromatic N) is 2. The summed E-state index contributed by atoms with van der Waals surface area (Å²) >= 11 is 6.10. The number of halogens is 1. The van der Waals surface area contributed by atoms with Gasteiger partial charge in [-0.15, -0.1) is 0 Å². The summed E-state index contributed by atoms with van der Waals surface area (Å²) in [6.07, 6.45) is 7.55. The summed E-state index contributed by atoms with van der Waals surface area (Å²) in [5, 5.41) is 4.97. The molecule has 3 rings (SSSR count). The Kier molecular flexibility index (Phi) is 4.78. The third-order valence-corrected chi connectivity index (χ3v) is 4.49. The smallest absolute Gasteiger partial charge is 0.306 e. The maximum Gasteiger partial charge on any atom is 0.306 e. The maximum absolute atomic E-state index is 12.1. The number of rotatable bonds is 5. The highest BCUT2D eigenvalue weighted by atomic mass is 35.5. The van der Waals surface area contributed by atoms with Gasteiger partial charge in [-0.2, -0.15) is 5.10 Å². The SMILES string of the molecule is O=C(CCc1ccccc1Cl)O[C@@H]1CCC[C@H]1n1cccn1. The molecule has 0 spiro atoms. The van der Waals surface area contributed by atoms with Crippen molar-refractivity contribution < 1.29 is 9.53 Å². The molecule has 2 atom stereocenters. The molecular formula is C17H19ClN2O2. The molecule has 1 aromatic heterocycles. The average molecular weight is 319 g/mol. The van der Waals surface area contributed by atoms with Gasteiger partial charge >= 0.3 is 5.97 Å². The Balaban J connectivity index is 1.54. The summed E-state index contributed by atoms with van der Waals surface area (Å²) in [4.78, 5) is 12.1. The summed E-state index contributed by atoms with van der Waals surface area (Å²) in [7, 11) is 0. The predicted molar refractivity (Wildman–Crippen MR) is 84.8 cm³/mol. The summed E-state index contributed by atoms with van der Waals surface area (Å²) in [5.74, 6) is -0.163. The molecule has 2 aromatic rings. The van der Waals surface area contributed by atoms with Crippen molar-refractivity contribution in [2.45, 2.75) is 44.2 Å². The van der Waals surface area contributed by atoms with Crippen LogP contribution >= 0.6 is 11.6 Å². The normalized spacial score (nSPS) is 21.0. The molecular weight excluding hydrogens is 300 g/mol. The van der Waals surface area contributed by atoms with Gasteiger partial charge in [0.05, 0.1) is 6.04 Å². The largest absolute Gasteiger partial charge is 0.460 e. The Morgan fingerprint density at radius 3 is 2.95 bits per heavy atom. The Morgan fingerprint density at radius 2 is 2.18 bits per heavy atom. The van der Waals surface area contributed by atoms with Gasteiger partial charge in [-0.05, 0) is 43.4 Å². The first-order chi connectivity index (χ1) is 10.7. The van der Waals surface area contributed by atoms with Crippen LogP contribution in [0.15, 0.2) is 42.7 Å². The van der Waals surface area contributed by atoms with Crippen LogP contribution in [-0.4, -0.2) is 21.9 Å². The van der Waals surface area contributed by atoms with E-state index in [0.717, 1.165) is 24.8 Å². The number of aromatic nitrogens is 2. The highest BCUT2D eigenvalue weighted by molar-refractivity contribution is 6.31. The fourth-order valence-corrected chi connectivity index (χ4v) is 3.22. The number of hydrogen-bond donors (Lipinski definition) is 0. The van der Waals surface area contributed by atoms with Gasteiger partial charge in [-0.25, -0.2) is 0 Å². The molecule has 0 N–H and O–H groups in total. The Bertz CT molecular complexity index is 627. The average Bonchev–Trinajstić information content (AvgIpc) is 3.17. The van der Waals surface area contributed by atoms with E-state index < -0.39 is 0 Å². The molecule has 0 radical (unpaired) electrons. The molecule has 1 heterocycles. The zero-order valence-electron chi connectivity index (χ0n) is 12.3. The van der Waals surface area contributed by atoms with Crippen molar-refractivity contribution in [2.75, 3.05) is 0 Å². The van der Waals surface area contributed by atoms with E-state index in [1.54, 1.807) is 6.20 Å². The van der Waals surface area contributed by atoms with Crippen LogP contribution in [-0.2, 0) is 16.0 Å². The highest BCUT2D eigenvalue weighted by Crippen LogP contribution is 2.32. The molecule has 0 bridgehead atoms. The lowest BCUT2D eigenvalue weighted by Gasteiger charge is -2.20. The minimum Gasteiger partial charge on any atom is -0.460 e. The molecule has 0 saturated heterocycles. The van der Waals surface area contributed by atoms with Crippen LogP contribution in [0.5, 0.6) is 0 Å². The Labute approximate surface area is 135 Å². The van der Waals surface area contributed by atoms with E-state index in [4.69, 9.17) is 16.3 Å². The monoisotopic (exact) mass is 318 g/mol. The van der Waals surface area contributed by atoms with Crippen LogP contribution in [0.3, 0.4) is 0 Å². The van der Waals surface area contributed by atoms with Crippen LogP contribution in [0.4, 0.5) is 0 Å². The van der Waals surface area contributed by atoms with Gasteiger partial charge in [0.2, 0.25) is 0 Å². The van der Waals surface area contributed by atoms with Crippen LogP contribution < -0.4 is 0 Å². The van der Waals surface area contributed by atoms with Crippen LogP contribution in [0.2, 0.25) is 5.02 Å². The minimum absolute atomic E-state index is 0.0707. The van der Waals surface area contributed by atoms with E-state index in [9.17, 15) is 4.79 Å². The molecule has 0 aliphatic heterocycles. The molecule has 1 saturated carbocycles. The number of ether oxygens (including phenoxy) is 1. The van der Waals surface area contributed by atoms with Crippen molar-refractivity contribution in [3.05, 3.63) is 53.3 Å². The summed E-state index contributed by atoms with van der Waals surface area (Å²) in [6.45, 7) is 0. The zero-order chi connectivity index (χ0) is 15.4. The lowest BCUT2D eigenvalue weighted by atomic mass is 10.1. The molecule has 4 nitrogen and oxygen atoms in total. The molecule has 1 fully saturated rings. The first-order valence-corrected chi connectivity index (χ1v) is 8.04. The quantitative estimate of drug-likeness (QED) is 0.787. The molecule has 0 amide bonds.